The lowest BCUT2D eigenvalue weighted by Crippen LogP contribution is -2.43. The SMILES string of the molecule is CC(C)c1ccccc1OCC(O)CN1CCOC(c2ccc(Br)cc2)C1.Cl. The van der Waals surface area contributed by atoms with Crippen LogP contribution in [0.1, 0.15) is 37.0 Å². The van der Waals surface area contributed by atoms with E-state index in [1.165, 1.54) is 11.1 Å². The van der Waals surface area contributed by atoms with Crippen molar-refractivity contribution in [1.82, 2.24) is 4.90 Å². The van der Waals surface area contributed by atoms with Gasteiger partial charge in [-0.2, -0.15) is 0 Å². The van der Waals surface area contributed by atoms with Crippen LogP contribution in [0.25, 0.3) is 0 Å². The van der Waals surface area contributed by atoms with E-state index in [9.17, 15) is 5.11 Å². The second-order valence-corrected chi connectivity index (χ2v) is 8.24. The number of β-amino-alcohol motifs (C(OH)–C–C–N with tert-alkyl or cyclic N) is 1. The largest absolute Gasteiger partial charge is 0.491 e. The lowest BCUT2D eigenvalue weighted by Gasteiger charge is -2.34. The molecular weight excluding hydrogens is 442 g/mol. The zero-order chi connectivity index (χ0) is 19.2. The fraction of sp³-hybridized carbons (Fsp3) is 0.455. The van der Waals surface area contributed by atoms with E-state index in [2.05, 4.69) is 52.9 Å². The van der Waals surface area contributed by atoms with Gasteiger partial charge in [0.2, 0.25) is 0 Å². The zero-order valence-corrected chi connectivity index (χ0v) is 18.8. The van der Waals surface area contributed by atoms with Crippen LogP contribution in [0, 0.1) is 0 Å². The van der Waals surface area contributed by atoms with Gasteiger partial charge in [0.05, 0.1) is 12.7 Å². The molecule has 2 atom stereocenters. The molecule has 0 aliphatic carbocycles. The van der Waals surface area contributed by atoms with Crippen LogP contribution in [0.15, 0.2) is 53.0 Å². The normalized spacial score (nSPS) is 18.5. The third-order valence-electron chi connectivity index (χ3n) is 4.83. The minimum absolute atomic E-state index is 0. The number of morpholine rings is 1. The molecule has 1 saturated heterocycles. The maximum absolute atomic E-state index is 10.5. The summed E-state index contributed by atoms with van der Waals surface area (Å²) >= 11 is 3.47. The summed E-state index contributed by atoms with van der Waals surface area (Å²) in [5.74, 6) is 1.26. The van der Waals surface area contributed by atoms with E-state index in [0.29, 0.717) is 25.7 Å². The van der Waals surface area contributed by atoms with Gasteiger partial charge in [-0.25, -0.2) is 0 Å². The molecule has 4 nitrogen and oxygen atoms in total. The molecule has 1 N–H and O–H groups in total. The smallest absolute Gasteiger partial charge is 0.122 e. The van der Waals surface area contributed by atoms with Crippen LogP contribution in [0.2, 0.25) is 0 Å². The predicted molar refractivity (Wildman–Crippen MR) is 119 cm³/mol. The molecule has 0 amide bonds. The molecule has 1 aliphatic rings. The van der Waals surface area contributed by atoms with Gasteiger partial charge in [-0.15, -0.1) is 12.4 Å². The van der Waals surface area contributed by atoms with Crippen LogP contribution < -0.4 is 4.74 Å². The first-order valence-electron chi connectivity index (χ1n) is 9.52. The highest BCUT2D eigenvalue weighted by molar-refractivity contribution is 9.10. The minimum Gasteiger partial charge on any atom is -0.491 e. The van der Waals surface area contributed by atoms with Gasteiger partial charge in [-0.05, 0) is 35.2 Å². The number of aliphatic hydroxyl groups is 1. The number of rotatable bonds is 7. The fourth-order valence-corrected chi connectivity index (χ4v) is 3.64. The summed E-state index contributed by atoms with van der Waals surface area (Å²) in [7, 11) is 0. The quantitative estimate of drug-likeness (QED) is 0.631. The molecule has 6 heteroatoms. The van der Waals surface area contributed by atoms with Crippen LogP contribution in [0.4, 0.5) is 0 Å². The van der Waals surface area contributed by atoms with E-state index in [1.54, 1.807) is 0 Å². The standard InChI is InChI=1S/C22H28BrNO3.ClH/c1-16(2)20-5-3-4-6-21(20)27-15-19(25)13-24-11-12-26-22(14-24)17-7-9-18(23)10-8-17;/h3-10,16,19,22,25H,11-15H2,1-2H3;1H. The molecule has 2 aromatic rings. The Balaban J connectivity index is 0.00000280. The number of para-hydroxylation sites is 1. The van der Waals surface area contributed by atoms with E-state index in [1.807, 2.05) is 30.3 Å². The predicted octanol–water partition coefficient (Wildman–Crippen LogP) is 4.81. The zero-order valence-electron chi connectivity index (χ0n) is 16.4. The molecule has 2 unspecified atom stereocenters. The summed E-state index contributed by atoms with van der Waals surface area (Å²) in [6.45, 7) is 7.45. The van der Waals surface area contributed by atoms with Gasteiger partial charge in [0.25, 0.3) is 0 Å². The topological polar surface area (TPSA) is 41.9 Å². The maximum Gasteiger partial charge on any atom is 0.122 e. The minimum atomic E-state index is -0.533. The Bertz CT molecular complexity index is 726. The van der Waals surface area contributed by atoms with E-state index in [0.717, 1.165) is 23.3 Å². The molecule has 154 valence electrons. The number of benzene rings is 2. The van der Waals surface area contributed by atoms with Crippen LogP contribution in [-0.2, 0) is 4.74 Å². The van der Waals surface area contributed by atoms with E-state index in [4.69, 9.17) is 9.47 Å². The van der Waals surface area contributed by atoms with Crippen molar-refractivity contribution < 1.29 is 14.6 Å². The molecule has 2 aromatic carbocycles. The highest BCUT2D eigenvalue weighted by Gasteiger charge is 2.24. The monoisotopic (exact) mass is 469 g/mol. The van der Waals surface area contributed by atoms with Gasteiger partial charge in [-0.1, -0.05) is 60.1 Å². The van der Waals surface area contributed by atoms with Crippen molar-refractivity contribution in [2.24, 2.45) is 0 Å². The average Bonchev–Trinajstić information content (AvgIpc) is 2.67. The number of ether oxygens (including phenoxy) is 2. The Morgan fingerprint density at radius 2 is 1.89 bits per heavy atom. The van der Waals surface area contributed by atoms with Gasteiger partial charge >= 0.3 is 0 Å². The molecule has 0 aromatic heterocycles. The molecule has 0 radical (unpaired) electrons. The van der Waals surface area contributed by atoms with Crippen molar-refractivity contribution >= 4 is 28.3 Å². The molecule has 1 aliphatic heterocycles. The van der Waals surface area contributed by atoms with Gasteiger partial charge in [0, 0.05) is 24.1 Å². The summed E-state index contributed by atoms with van der Waals surface area (Å²) in [5, 5.41) is 10.5. The highest BCUT2D eigenvalue weighted by atomic mass is 79.9. The van der Waals surface area contributed by atoms with Crippen molar-refractivity contribution in [2.75, 3.05) is 32.8 Å². The van der Waals surface area contributed by atoms with Crippen LogP contribution >= 0.6 is 28.3 Å². The second kappa shape index (κ2) is 11.2. The average molecular weight is 471 g/mol. The summed E-state index contributed by atoms with van der Waals surface area (Å²) in [5.41, 5.74) is 2.34. The molecule has 1 heterocycles. The Hall–Kier alpha value is -1.11. The van der Waals surface area contributed by atoms with Gasteiger partial charge < -0.3 is 14.6 Å². The number of halogens is 2. The first-order valence-corrected chi connectivity index (χ1v) is 10.3. The number of nitrogens with zero attached hydrogens (tertiary/aromatic N) is 1. The van der Waals surface area contributed by atoms with Gasteiger partial charge in [-0.3, -0.25) is 4.90 Å². The summed E-state index contributed by atoms with van der Waals surface area (Å²) < 4.78 is 12.9. The van der Waals surface area contributed by atoms with E-state index < -0.39 is 6.10 Å². The summed E-state index contributed by atoms with van der Waals surface area (Å²) in [6.07, 6.45) is -0.490. The molecule has 3 rings (SSSR count). The van der Waals surface area contributed by atoms with Crippen molar-refractivity contribution in [3.63, 3.8) is 0 Å². The van der Waals surface area contributed by atoms with E-state index in [-0.39, 0.29) is 18.5 Å². The Labute approximate surface area is 182 Å². The van der Waals surface area contributed by atoms with Crippen LogP contribution in [0.5, 0.6) is 5.75 Å². The summed E-state index contributed by atoms with van der Waals surface area (Å²) in [4.78, 5) is 2.25. The Kier molecular flexibility index (Phi) is 9.25. The van der Waals surface area contributed by atoms with Crippen LogP contribution in [0.3, 0.4) is 0 Å². The van der Waals surface area contributed by atoms with Crippen molar-refractivity contribution in [1.29, 1.82) is 0 Å². The summed E-state index contributed by atoms with van der Waals surface area (Å²) in [6, 6.07) is 16.3. The van der Waals surface area contributed by atoms with E-state index >= 15 is 0 Å². The lowest BCUT2D eigenvalue weighted by atomic mass is 10.0. The first-order chi connectivity index (χ1) is 13.0. The van der Waals surface area contributed by atoms with Crippen LogP contribution in [-0.4, -0.2) is 49.0 Å². The van der Waals surface area contributed by atoms with Crippen molar-refractivity contribution in [2.45, 2.75) is 32.0 Å². The second-order valence-electron chi connectivity index (χ2n) is 7.33. The third-order valence-corrected chi connectivity index (χ3v) is 5.36. The third kappa shape index (κ3) is 6.46. The Morgan fingerprint density at radius 1 is 1.18 bits per heavy atom. The number of hydrogen-bond acceptors (Lipinski definition) is 4. The molecular formula is C22H29BrClNO3. The molecule has 1 fully saturated rings. The van der Waals surface area contributed by atoms with Crippen molar-refractivity contribution in [3.05, 3.63) is 64.1 Å². The van der Waals surface area contributed by atoms with Crippen molar-refractivity contribution in [3.8, 4) is 5.75 Å². The number of hydrogen-bond donors (Lipinski definition) is 1. The fourth-order valence-electron chi connectivity index (χ4n) is 3.37. The Morgan fingerprint density at radius 3 is 2.61 bits per heavy atom. The molecule has 0 bridgehead atoms. The van der Waals surface area contributed by atoms with Gasteiger partial charge in [0.1, 0.15) is 18.5 Å². The molecule has 0 spiro atoms. The maximum atomic E-state index is 10.5. The van der Waals surface area contributed by atoms with Gasteiger partial charge in [0.15, 0.2) is 0 Å². The highest BCUT2D eigenvalue weighted by Crippen LogP contribution is 2.26. The first kappa shape index (κ1) is 23.2. The lowest BCUT2D eigenvalue weighted by molar-refractivity contribution is -0.0459. The molecule has 0 saturated carbocycles. The number of aliphatic hydroxyl groups excluding tert-OH is 1. The molecule has 28 heavy (non-hydrogen) atoms.